The zero-order valence-electron chi connectivity index (χ0n) is 10.0. The minimum absolute atomic E-state index is 0.259. The molecule has 4 heteroatoms. The van der Waals surface area contributed by atoms with E-state index in [1.807, 2.05) is 41.8 Å². The van der Waals surface area contributed by atoms with Crippen molar-refractivity contribution in [1.29, 1.82) is 0 Å². The lowest BCUT2D eigenvalue weighted by molar-refractivity contribution is 0.628. The molecule has 3 aromatic rings. The monoisotopic (exact) mass is 270 g/mol. The number of aromatic nitrogens is 1. The number of hydrogen-bond donors (Lipinski definition) is 1. The fourth-order valence-corrected chi connectivity index (χ4v) is 2.50. The van der Waals surface area contributed by atoms with Crippen LogP contribution in [-0.2, 0) is 0 Å². The van der Waals surface area contributed by atoms with E-state index in [2.05, 4.69) is 10.3 Å². The van der Waals surface area contributed by atoms with Gasteiger partial charge in [-0.1, -0.05) is 36.4 Å². The summed E-state index contributed by atoms with van der Waals surface area (Å²) in [7, 11) is 0. The fraction of sp³-hybridized carbons (Fsp3) is 0. The molecule has 0 spiro atoms. The van der Waals surface area contributed by atoms with E-state index >= 15 is 0 Å². The van der Waals surface area contributed by atoms with Crippen LogP contribution in [0.4, 0.5) is 15.2 Å². The van der Waals surface area contributed by atoms with E-state index in [1.165, 1.54) is 23.5 Å². The van der Waals surface area contributed by atoms with Gasteiger partial charge in [-0.2, -0.15) is 0 Å². The average molecular weight is 270 g/mol. The lowest BCUT2D eigenvalue weighted by Crippen LogP contribution is -1.90. The highest BCUT2D eigenvalue weighted by Gasteiger charge is 2.04. The molecule has 2 aromatic carbocycles. The van der Waals surface area contributed by atoms with E-state index in [0.717, 1.165) is 16.4 Å². The van der Waals surface area contributed by atoms with Gasteiger partial charge in [0.1, 0.15) is 5.82 Å². The van der Waals surface area contributed by atoms with Crippen LogP contribution >= 0.6 is 11.3 Å². The second kappa shape index (κ2) is 5.20. The maximum atomic E-state index is 13.1. The largest absolute Gasteiger partial charge is 0.331 e. The van der Waals surface area contributed by atoms with Crippen LogP contribution in [0.15, 0.2) is 60.0 Å². The van der Waals surface area contributed by atoms with Crippen molar-refractivity contribution >= 4 is 22.2 Å². The third kappa shape index (κ3) is 2.80. The zero-order valence-corrected chi connectivity index (χ0v) is 10.8. The van der Waals surface area contributed by atoms with Crippen molar-refractivity contribution in [3.63, 3.8) is 0 Å². The summed E-state index contributed by atoms with van der Waals surface area (Å²) in [6.45, 7) is 0. The van der Waals surface area contributed by atoms with Crippen molar-refractivity contribution in [1.82, 2.24) is 4.98 Å². The Morgan fingerprint density at radius 1 is 1.00 bits per heavy atom. The first-order valence-corrected chi connectivity index (χ1v) is 6.73. The number of rotatable bonds is 3. The SMILES string of the molecule is Fc1cccc(Nc2nc(-c3ccccc3)cs2)c1. The molecule has 94 valence electrons. The lowest BCUT2D eigenvalue weighted by Gasteiger charge is -2.01. The van der Waals surface area contributed by atoms with Gasteiger partial charge in [0.25, 0.3) is 0 Å². The van der Waals surface area contributed by atoms with Crippen molar-refractivity contribution in [3.05, 3.63) is 65.8 Å². The van der Waals surface area contributed by atoms with Crippen molar-refractivity contribution in [2.45, 2.75) is 0 Å². The quantitative estimate of drug-likeness (QED) is 0.746. The average Bonchev–Trinajstić information content (AvgIpc) is 2.88. The van der Waals surface area contributed by atoms with Crippen molar-refractivity contribution in [2.75, 3.05) is 5.32 Å². The minimum atomic E-state index is -0.259. The molecule has 0 fully saturated rings. The van der Waals surface area contributed by atoms with Gasteiger partial charge >= 0.3 is 0 Å². The number of anilines is 2. The molecule has 2 nitrogen and oxygen atoms in total. The molecule has 0 saturated carbocycles. The van der Waals surface area contributed by atoms with Gasteiger partial charge in [-0.05, 0) is 18.2 Å². The van der Waals surface area contributed by atoms with E-state index in [-0.39, 0.29) is 5.82 Å². The Bertz CT molecular complexity index is 679. The Labute approximate surface area is 114 Å². The molecule has 0 saturated heterocycles. The number of hydrogen-bond acceptors (Lipinski definition) is 3. The summed E-state index contributed by atoms with van der Waals surface area (Å²) in [5, 5.41) is 5.84. The van der Waals surface area contributed by atoms with Gasteiger partial charge in [0, 0.05) is 16.6 Å². The predicted octanol–water partition coefficient (Wildman–Crippen LogP) is 4.69. The molecule has 0 bridgehead atoms. The molecule has 1 aromatic heterocycles. The topological polar surface area (TPSA) is 24.9 Å². The lowest BCUT2D eigenvalue weighted by atomic mass is 10.2. The molecule has 19 heavy (non-hydrogen) atoms. The van der Waals surface area contributed by atoms with Crippen LogP contribution in [0.3, 0.4) is 0 Å². The second-order valence-electron chi connectivity index (χ2n) is 4.04. The highest BCUT2D eigenvalue weighted by Crippen LogP contribution is 2.27. The van der Waals surface area contributed by atoms with Crippen molar-refractivity contribution in [3.8, 4) is 11.3 Å². The molecule has 1 heterocycles. The Morgan fingerprint density at radius 3 is 2.63 bits per heavy atom. The van der Waals surface area contributed by atoms with Gasteiger partial charge in [0.05, 0.1) is 5.69 Å². The van der Waals surface area contributed by atoms with Crippen LogP contribution in [0.5, 0.6) is 0 Å². The summed E-state index contributed by atoms with van der Waals surface area (Å²) in [6, 6.07) is 16.3. The summed E-state index contributed by atoms with van der Waals surface area (Å²) in [4.78, 5) is 4.49. The van der Waals surface area contributed by atoms with Gasteiger partial charge in [-0.3, -0.25) is 0 Å². The van der Waals surface area contributed by atoms with E-state index in [4.69, 9.17) is 0 Å². The number of nitrogens with one attached hydrogen (secondary N) is 1. The summed E-state index contributed by atoms with van der Waals surface area (Å²) in [6.07, 6.45) is 0. The summed E-state index contributed by atoms with van der Waals surface area (Å²) in [5.41, 5.74) is 2.70. The first kappa shape index (κ1) is 11.9. The highest BCUT2D eigenvalue weighted by molar-refractivity contribution is 7.14. The third-order valence-electron chi connectivity index (χ3n) is 2.65. The van der Waals surface area contributed by atoms with Crippen LogP contribution < -0.4 is 5.32 Å². The Balaban J connectivity index is 1.82. The van der Waals surface area contributed by atoms with Gasteiger partial charge < -0.3 is 5.32 Å². The van der Waals surface area contributed by atoms with Crippen LogP contribution in [0.25, 0.3) is 11.3 Å². The van der Waals surface area contributed by atoms with E-state index in [1.54, 1.807) is 6.07 Å². The fourth-order valence-electron chi connectivity index (χ4n) is 1.76. The van der Waals surface area contributed by atoms with Crippen LogP contribution in [-0.4, -0.2) is 4.98 Å². The highest BCUT2D eigenvalue weighted by atomic mass is 32.1. The number of halogens is 1. The maximum Gasteiger partial charge on any atom is 0.187 e. The van der Waals surface area contributed by atoms with E-state index in [0.29, 0.717) is 5.69 Å². The van der Waals surface area contributed by atoms with Crippen molar-refractivity contribution in [2.24, 2.45) is 0 Å². The molecular formula is C15H11FN2S. The molecule has 3 rings (SSSR count). The number of benzene rings is 2. The first-order valence-electron chi connectivity index (χ1n) is 5.85. The van der Waals surface area contributed by atoms with Gasteiger partial charge in [-0.25, -0.2) is 9.37 Å². The smallest absolute Gasteiger partial charge is 0.187 e. The summed E-state index contributed by atoms with van der Waals surface area (Å²) >= 11 is 1.50. The molecule has 0 aliphatic rings. The molecule has 0 aliphatic carbocycles. The zero-order chi connectivity index (χ0) is 13.1. The maximum absolute atomic E-state index is 13.1. The first-order chi connectivity index (χ1) is 9.31. The van der Waals surface area contributed by atoms with Crippen LogP contribution in [0, 0.1) is 5.82 Å². The molecule has 0 amide bonds. The van der Waals surface area contributed by atoms with Crippen molar-refractivity contribution < 1.29 is 4.39 Å². The molecular weight excluding hydrogens is 259 g/mol. The van der Waals surface area contributed by atoms with Crippen LogP contribution in [0.2, 0.25) is 0 Å². The van der Waals surface area contributed by atoms with E-state index < -0.39 is 0 Å². The summed E-state index contributed by atoms with van der Waals surface area (Å²) < 4.78 is 13.1. The Morgan fingerprint density at radius 2 is 1.84 bits per heavy atom. The molecule has 0 unspecified atom stereocenters. The normalized spacial score (nSPS) is 10.4. The standard InChI is InChI=1S/C15H11FN2S/c16-12-7-4-8-13(9-12)17-15-18-14(10-19-15)11-5-2-1-3-6-11/h1-10H,(H,17,18). The van der Waals surface area contributed by atoms with E-state index in [9.17, 15) is 4.39 Å². The van der Waals surface area contributed by atoms with Gasteiger partial charge in [0.15, 0.2) is 5.13 Å². The molecule has 1 N–H and O–H groups in total. The summed E-state index contributed by atoms with van der Waals surface area (Å²) in [5.74, 6) is -0.259. The molecule has 0 atom stereocenters. The van der Waals surface area contributed by atoms with Gasteiger partial charge in [-0.15, -0.1) is 11.3 Å². The van der Waals surface area contributed by atoms with Crippen LogP contribution in [0.1, 0.15) is 0 Å². The molecule has 0 radical (unpaired) electrons. The Hall–Kier alpha value is -2.20. The predicted molar refractivity (Wildman–Crippen MR) is 77.2 cm³/mol. The second-order valence-corrected chi connectivity index (χ2v) is 4.90. The number of thiazole rings is 1. The third-order valence-corrected chi connectivity index (χ3v) is 3.41. The Kier molecular flexibility index (Phi) is 3.25. The van der Waals surface area contributed by atoms with Gasteiger partial charge in [0.2, 0.25) is 0 Å². The minimum Gasteiger partial charge on any atom is -0.331 e. The number of nitrogens with zero attached hydrogens (tertiary/aromatic N) is 1. The molecule has 0 aliphatic heterocycles.